The highest BCUT2D eigenvalue weighted by atomic mass is 17.1. The molecule has 3 fully saturated rings. The van der Waals surface area contributed by atoms with Gasteiger partial charge in [-0.1, -0.05) is 117 Å². The SMILES string of the molecule is CCCCC/C=C(\C/C=C\CCCCCCCC(=O)O[C@H]1CC[C@@]2(C)C(=CC[C@H]3[C@@H]4CC[C@H]([C@H](C)CCCC(C)C)[C@@]4(C)CC[C@@H]32)C1)OO. The lowest BCUT2D eigenvalue weighted by molar-refractivity contribution is -0.204. The highest BCUT2D eigenvalue weighted by Gasteiger charge is 2.59. The highest BCUT2D eigenvalue weighted by Crippen LogP contribution is 2.67. The maximum absolute atomic E-state index is 12.8. The van der Waals surface area contributed by atoms with Crippen LogP contribution in [0.5, 0.6) is 0 Å². The van der Waals surface area contributed by atoms with E-state index in [1.165, 1.54) is 83.5 Å². The average Bonchev–Trinajstić information content (AvgIpc) is 3.43. The Morgan fingerprint density at radius 2 is 1.67 bits per heavy atom. The van der Waals surface area contributed by atoms with Gasteiger partial charge in [0, 0.05) is 19.3 Å². The molecule has 4 heteroatoms. The number of hydrogen-bond acceptors (Lipinski definition) is 4. The summed E-state index contributed by atoms with van der Waals surface area (Å²) >= 11 is 0. The maximum Gasteiger partial charge on any atom is 0.306 e. The van der Waals surface area contributed by atoms with Crippen molar-refractivity contribution in [1.29, 1.82) is 0 Å². The van der Waals surface area contributed by atoms with E-state index in [2.05, 4.69) is 64.7 Å². The molecule has 0 radical (unpaired) electrons. The average molecular weight is 681 g/mol. The first-order chi connectivity index (χ1) is 23.6. The van der Waals surface area contributed by atoms with E-state index in [1.807, 2.05) is 6.08 Å². The molecule has 280 valence electrons. The van der Waals surface area contributed by atoms with Crippen LogP contribution >= 0.6 is 0 Å². The number of fused-ring (bicyclic) bond motifs is 5. The summed E-state index contributed by atoms with van der Waals surface area (Å²) in [7, 11) is 0. The summed E-state index contributed by atoms with van der Waals surface area (Å²) in [6.45, 7) is 14.8. The van der Waals surface area contributed by atoms with Gasteiger partial charge in [-0.2, -0.15) is 0 Å². The van der Waals surface area contributed by atoms with Crippen LogP contribution in [0.1, 0.15) is 189 Å². The molecule has 49 heavy (non-hydrogen) atoms. The molecular formula is C45H76O4. The third-order valence-electron chi connectivity index (χ3n) is 14.1. The lowest BCUT2D eigenvalue weighted by Gasteiger charge is -2.58. The Morgan fingerprint density at radius 1 is 0.898 bits per heavy atom. The van der Waals surface area contributed by atoms with Crippen molar-refractivity contribution in [3.63, 3.8) is 0 Å². The Balaban J connectivity index is 1.13. The lowest BCUT2D eigenvalue weighted by Crippen LogP contribution is -2.51. The third-order valence-corrected chi connectivity index (χ3v) is 14.1. The van der Waals surface area contributed by atoms with Crippen molar-refractivity contribution in [3.8, 4) is 0 Å². The molecule has 0 aromatic heterocycles. The molecule has 8 atom stereocenters. The molecule has 4 aliphatic rings. The Labute approximate surface area is 302 Å². The zero-order chi connectivity index (χ0) is 35.3. The monoisotopic (exact) mass is 681 g/mol. The van der Waals surface area contributed by atoms with Crippen molar-refractivity contribution in [2.75, 3.05) is 0 Å². The Hall–Kier alpha value is -1.55. The quantitative estimate of drug-likeness (QED) is 0.0327. The van der Waals surface area contributed by atoms with Gasteiger partial charge in [0.2, 0.25) is 0 Å². The Kier molecular flexibility index (Phi) is 16.3. The van der Waals surface area contributed by atoms with Crippen LogP contribution in [0, 0.1) is 46.3 Å². The minimum atomic E-state index is 0.0171. The summed E-state index contributed by atoms with van der Waals surface area (Å²) in [4.78, 5) is 17.3. The van der Waals surface area contributed by atoms with Gasteiger partial charge < -0.3 is 9.62 Å². The first-order valence-corrected chi connectivity index (χ1v) is 21.2. The first kappa shape index (κ1) is 40.2. The summed E-state index contributed by atoms with van der Waals surface area (Å²) in [6, 6.07) is 0. The summed E-state index contributed by atoms with van der Waals surface area (Å²) in [6.07, 6.45) is 35.7. The van der Waals surface area contributed by atoms with Crippen molar-refractivity contribution in [2.45, 2.75) is 195 Å². The fourth-order valence-corrected chi connectivity index (χ4v) is 11.2. The summed E-state index contributed by atoms with van der Waals surface area (Å²) in [5, 5.41) is 9.07. The molecule has 0 aromatic carbocycles. The number of rotatable bonds is 21. The van der Waals surface area contributed by atoms with Gasteiger partial charge in [0.15, 0.2) is 0 Å². The third kappa shape index (κ3) is 11.0. The fourth-order valence-electron chi connectivity index (χ4n) is 11.2. The molecule has 0 bridgehead atoms. The minimum absolute atomic E-state index is 0.0171. The van der Waals surface area contributed by atoms with Gasteiger partial charge in [-0.15, -0.1) is 0 Å². The van der Waals surface area contributed by atoms with Crippen LogP contribution in [0.25, 0.3) is 0 Å². The van der Waals surface area contributed by atoms with Crippen molar-refractivity contribution < 1.29 is 19.7 Å². The maximum atomic E-state index is 12.8. The minimum Gasteiger partial charge on any atom is -0.462 e. The summed E-state index contributed by atoms with van der Waals surface area (Å²) in [5.41, 5.74) is 2.47. The molecule has 1 N–H and O–H groups in total. The second kappa shape index (κ2) is 19.9. The topological polar surface area (TPSA) is 55.8 Å². The number of allylic oxidation sites excluding steroid dienone is 4. The van der Waals surface area contributed by atoms with Gasteiger partial charge in [-0.3, -0.25) is 4.79 Å². The molecular weight excluding hydrogens is 604 g/mol. The van der Waals surface area contributed by atoms with Crippen LogP contribution in [-0.4, -0.2) is 17.3 Å². The van der Waals surface area contributed by atoms with Crippen LogP contribution in [0.4, 0.5) is 0 Å². The fraction of sp³-hybridized carbons (Fsp3) is 0.844. The lowest BCUT2D eigenvalue weighted by atomic mass is 9.47. The predicted octanol–water partition coefficient (Wildman–Crippen LogP) is 13.6. The Bertz CT molecular complexity index is 1090. The van der Waals surface area contributed by atoms with Crippen molar-refractivity contribution in [3.05, 3.63) is 35.6 Å². The number of ether oxygens (including phenoxy) is 1. The largest absolute Gasteiger partial charge is 0.462 e. The van der Waals surface area contributed by atoms with E-state index in [1.54, 1.807) is 5.57 Å². The Morgan fingerprint density at radius 3 is 2.45 bits per heavy atom. The standard InChI is InChI=1S/C45H76O4/c1-7-8-9-16-22-37(49-47)23-17-14-12-10-11-13-15-18-24-43(46)48-38-29-31-44(5)36(33-38)25-26-39-41-28-27-40(35(4)21-19-20-34(2)3)45(41,6)32-30-42(39)44/h14,17,22,25,34-35,38-42,47H,7-13,15-16,18-21,23-24,26-33H2,1-6H3/b17-14-,37-22+/t35-,38+,39+,40-,41+,42+,44+,45-/m1/s1. The van der Waals surface area contributed by atoms with Crippen molar-refractivity contribution in [2.24, 2.45) is 46.3 Å². The van der Waals surface area contributed by atoms with E-state index in [0.717, 1.165) is 86.9 Å². The van der Waals surface area contributed by atoms with E-state index in [9.17, 15) is 4.79 Å². The highest BCUT2D eigenvalue weighted by molar-refractivity contribution is 5.69. The zero-order valence-electron chi connectivity index (χ0n) is 32.8. The summed E-state index contributed by atoms with van der Waals surface area (Å²) < 4.78 is 6.11. The van der Waals surface area contributed by atoms with Crippen molar-refractivity contribution >= 4 is 5.97 Å². The molecule has 3 saturated carbocycles. The van der Waals surface area contributed by atoms with E-state index in [0.29, 0.717) is 29.4 Å². The second-order valence-electron chi connectivity index (χ2n) is 17.9. The smallest absolute Gasteiger partial charge is 0.306 e. The molecule has 0 amide bonds. The van der Waals surface area contributed by atoms with Gasteiger partial charge >= 0.3 is 5.97 Å². The second-order valence-corrected chi connectivity index (χ2v) is 17.9. The molecule has 0 aromatic rings. The van der Waals surface area contributed by atoms with Gasteiger partial charge in [0.05, 0.1) is 0 Å². The molecule has 0 saturated heterocycles. The van der Waals surface area contributed by atoms with E-state index < -0.39 is 0 Å². The molecule has 4 nitrogen and oxygen atoms in total. The normalized spacial score (nSPS) is 32.0. The van der Waals surface area contributed by atoms with E-state index in [-0.39, 0.29) is 12.1 Å². The molecule has 0 spiro atoms. The first-order valence-electron chi connectivity index (χ1n) is 21.2. The molecule has 4 rings (SSSR count). The number of carbonyl (C=O) groups is 1. The predicted molar refractivity (Wildman–Crippen MR) is 205 cm³/mol. The molecule has 0 aliphatic heterocycles. The summed E-state index contributed by atoms with van der Waals surface area (Å²) in [5.74, 6) is 5.84. The van der Waals surface area contributed by atoms with Crippen LogP contribution in [-0.2, 0) is 14.4 Å². The van der Waals surface area contributed by atoms with Gasteiger partial charge in [-0.25, -0.2) is 5.26 Å². The van der Waals surface area contributed by atoms with Crippen LogP contribution < -0.4 is 0 Å². The number of esters is 1. The van der Waals surface area contributed by atoms with Crippen LogP contribution in [0.2, 0.25) is 0 Å². The van der Waals surface area contributed by atoms with E-state index in [4.69, 9.17) is 9.99 Å². The molecule has 0 heterocycles. The zero-order valence-corrected chi connectivity index (χ0v) is 32.8. The van der Waals surface area contributed by atoms with Gasteiger partial charge in [0.25, 0.3) is 0 Å². The molecule has 4 aliphatic carbocycles. The number of hydrogen-bond donors (Lipinski definition) is 1. The van der Waals surface area contributed by atoms with Crippen LogP contribution in [0.3, 0.4) is 0 Å². The van der Waals surface area contributed by atoms with Gasteiger partial charge in [-0.05, 0) is 129 Å². The van der Waals surface area contributed by atoms with E-state index >= 15 is 0 Å². The number of unbranched alkanes of at least 4 members (excludes halogenated alkanes) is 8. The van der Waals surface area contributed by atoms with Crippen molar-refractivity contribution in [1.82, 2.24) is 0 Å². The van der Waals surface area contributed by atoms with Gasteiger partial charge in [0.1, 0.15) is 11.9 Å². The number of carbonyl (C=O) groups excluding carboxylic acids is 1. The van der Waals surface area contributed by atoms with Crippen LogP contribution in [0.15, 0.2) is 35.6 Å². The molecule has 0 unspecified atom stereocenters.